The summed E-state index contributed by atoms with van der Waals surface area (Å²) in [5.41, 5.74) is 1.23. The van der Waals surface area contributed by atoms with Gasteiger partial charge in [-0.05, 0) is 48.4 Å². The minimum Gasteiger partial charge on any atom is -0.494 e. The van der Waals surface area contributed by atoms with Gasteiger partial charge in [-0.3, -0.25) is 4.79 Å². The number of benzene rings is 2. The van der Waals surface area contributed by atoms with E-state index in [1.165, 1.54) is 0 Å². The van der Waals surface area contributed by atoms with Crippen molar-refractivity contribution in [1.82, 2.24) is 5.32 Å². The zero-order chi connectivity index (χ0) is 19.1. The molecule has 0 aromatic heterocycles. The number of fused-ring (bicyclic) bond motifs is 1. The molecule has 0 aliphatic carbocycles. The highest BCUT2D eigenvalue weighted by Crippen LogP contribution is 2.32. The highest BCUT2D eigenvalue weighted by atomic mass is 16.7. The largest absolute Gasteiger partial charge is 0.494 e. The van der Waals surface area contributed by atoms with Gasteiger partial charge in [-0.15, -0.1) is 0 Å². The molecule has 0 atom stereocenters. The van der Waals surface area contributed by atoms with Crippen LogP contribution >= 0.6 is 0 Å². The topological polar surface area (TPSA) is 83.1 Å². The van der Waals surface area contributed by atoms with Crippen LogP contribution < -0.4 is 19.5 Å². The predicted octanol–water partition coefficient (Wildman–Crippen LogP) is 2.68. The lowest BCUT2D eigenvalue weighted by Gasteiger charge is -2.08. The molecule has 0 saturated carbocycles. The van der Waals surface area contributed by atoms with E-state index in [2.05, 4.69) is 5.32 Å². The number of hydrogen-bond donors (Lipinski definition) is 1. The van der Waals surface area contributed by atoms with E-state index in [0.717, 1.165) is 12.0 Å². The Bertz CT molecular complexity index is 803. The second-order valence-electron chi connectivity index (χ2n) is 5.91. The molecule has 0 spiro atoms. The Morgan fingerprint density at radius 2 is 1.85 bits per heavy atom. The van der Waals surface area contributed by atoms with Crippen LogP contribution in [0.3, 0.4) is 0 Å². The third kappa shape index (κ3) is 5.13. The van der Waals surface area contributed by atoms with Gasteiger partial charge in [-0.25, -0.2) is 4.79 Å². The van der Waals surface area contributed by atoms with Gasteiger partial charge >= 0.3 is 5.97 Å². The number of carbonyl (C=O) groups is 2. The van der Waals surface area contributed by atoms with Crippen LogP contribution in [0.5, 0.6) is 17.2 Å². The fourth-order valence-electron chi connectivity index (χ4n) is 2.42. The number of nitrogens with one attached hydrogen (secondary N) is 1. The molecule has 0 unspecified atom stereocenters. The summed E-state index contributed by atoms with van der Waals surface area (Å²) in [6, 6.07) is 12.0. The normalized spacial score (nSPS) is 11.7. The second kappa shape index (κ2) is 8.93. The van der Waals surface area contributed by atoms with Crippen LogP contribution in [-0.4, -0.2) is 31.9 Å². The highest BCUT2D eigenvalue weighted by molar-refractivity contribution is 5.91. The summed E-state index contributed by atoms with van der Waals surface area (Å²) in [4.78, 5) is 23.9. The molecule has 3 rings (SSSR count). The average Bonchev–Trinajstić information content (AvgIpc) is 3.17. The van der Waals surface area contributed by atoms with Gasteiger partial charge in [0.2, 0.25) is 6.79 Å². The van der Waals surface area contributed by atoms with Crippen LogP contribution in [0.2, 0.25) is 0 Å². The van der Waals surface area contributed by atoms with Gasteiger partial charge in [0, 0.05) is 6.54 Å². The lowest BCUT2D eigenvalue weighted by atomic mass is 10.2. The second-order valence-corrected chi connectivity index (χ2v) is 5.91. The quantitative estimate of drug-likeness (QED) is 0.719. The first-order valence-electron chi connectivity index (χ1n) is 8.71. The van der Waals surface area contributed by atoms with Crippen LogP contribution in [0.25, 0.3) is 0 Å². The molecule has 2 aromatic carbocycles. The molecule has 1 aliphatic heterocycles. The predicted molar refractivity (Wildman–Crippen MR) is 96.9 cm³/mol. The van der Waals surface area contributed by atoms with Crippen molar-refractivity contribution in [3.8, 4) is 17.2 Å². The molecule has 27 heavy (non-hydrogen) atoms. The van der Waals surface area contributed by atoms with E-state index in [1.54, 1.807) is 36.4 Å². The maximum absolute atomic E-state index is 12.0. The Hall–Kier alpha value is -3.22. The van der Waals surface area contributed by atoms with Crippen molar-refractivity contribution in [2.24, 2.45) is 0 Å². The number of ether oxygens (including phenoxy) is 4. The van der Waals surface area contributed by atoms with Crippen molar-refractivity contribution in [1.29, 1.82) is 0 Å². The third-order valence-corrected chi connectivity index (χ3v) is 3.82. The zero-order valence-electron chi connectivity index (χ0n) is 15.0. The zero-order valence-corrected chi connectivity index (χ0v) is 15.0. The fraction of sp³-hybridized carbons (Fsp3) is 0.300. The molecule has 1 aliphatic rings. The standard InChI is InChI=1S/C20H21NO6/c1-2-9-24-16-6-4-15(5-7-16)20(23)25-12-19(22)21-11-14-3-8-17-18(10-14)27-13-26-17/h3-8,10H,2,9,11-13H2,1H3,(H,21,22). The molecule has 1 heterocycles. The first-order valence-corrected chi connectivity index (χ1v) is 8.71. The number of hydrogen-bond acceptors (Lipinski definition) is 6. The Labute approximate surface area is 157 Å². The van der Waals surface area contributed by atoms with Crippen LogP contribution in [0, 0.1) is 0 Å². The molecule has 7 heteroatoms. The van der Waals surface area contributed by atoms with Crippen molar-refractivity contribution in [2.45, 2.75) is 19.9 Å². The lowest BCUT2D eigenvalue weighted by Crippen LogP contribution is -2.28. The van der Waals surface area contributed by atoms with Gasteiger partial charge in [0.25, 0.3) is 5.91 Å². The molecule has 0 bridgehead atoms. The minimum atomic E-state index is -0.560. The molecule has 1 amide bonds. The van der Waals surface area contributed by atoms with Crippen LogP contribution in [0.1, 0.15) is 29.3 Å². The maximum Gasteiger partial charge on any atom is 0.338 e. The molecule has 0 fully saturated rings. The number of esters is 1. The van der Waals surface area contributed by atoms with E-state index in [1.807, 2.05) is 13.0 Å². The summed E-state index contributed by atoms with van der Waals surface area (Å²) in [6.07, 6.45) is 0.908. The molecule has 2 aromatic rings. The SMILES string of the molecule is CCCOc1ccc(C(=O)OCC(=O)NCc2ccc3c(c2)OCO3)cc1. The number of amides is 1. The van der Waals surface area contributed by atoms with Crippen LogP contribution in [-0.2, 0) is 16.1 Å². The van der Waals surface area contributed by atoms with E-state index in [0.29, 0.717) is 36.0 Å². The Morgan fingerprint density at radius 3 is 2.63 bits per heavy atom. The lowest BCUT2D eigenvalue weighted by molar-refractivity contribution is -0.124. The molecule has 0 saturated heterocycles. The van der Waals surface area contributed by atoms with Crippen molar-refractivity contribution < 1.29 is 28.5 Å². The van der Waals surface area contributed by atoms with Gasteiger partial charge in [0.1, 0.15) is 5.75 Å². The molecule has 142 valence electrons. The fourth-order valence-corrected chi connectivity index (χ4v) is 2.42. The summed E-state index contributed by atoms with van der Waals surface area (Å²) in [5, 5.41) is 2.70. The molecular formula is C20H21NO6. The Balaban J connectivity index is 1.42. The molecule has 0 radical (unpaired) electrons. The highest BCUT2D eigenvalue weighted by Gasteiger charge is 2.14. The summed E-state index contributed by atoms with van der Waals surface area (Å²) in [7, 11) is 0. The van der Waals surface area contributed by atoms with Gasteiger partial charge < -0.3 is 24.3 Å². The number of carbonyl (C=O) groups excluding carboxylic acids is 2. The van der Waals surface area contributed by atoms with E-state index < -0.39 is 5.97 Å². The van der Waals surface area contributed by atoms with Crippen molar-refractivity contribution in [3.05, 3.63) is 53.6 Å². The van der Waals surface area contributed by atoms with E-state index >= 15 is 0 Å². The maximum atomic E-state index is 12.0. The van der Waals surface area contributed by atoms with Crippen molar-refractivity contribution in [3.63, 3.8) is 0 Å². The summed E-state index contributed by atoms with van der Waals surface area (Å²) >= 11 is 0. The smallest absolute Gasteiger partial charge is 0.338 e. The van der Waals surface area contributed by atoms with Crippen LogP contribution in [0.4, 0.5) is 0 Å². The van der Waals surface area contributed by atoms with E-state index in [-0.39, 0.29) is 19.3 Å². The summed E-state index contributed by atoms with van der Waals surface area (Å²) in [5.74, 6) is 1.08. The van der Waals surface area contributed by atoms with Gasteiger partial charge in [0.05, 0.1) is 12.2 Å². The minimum absolute atomic E-state index is 0.201. The van der Waals surface area contributed by atoms with Gasteiger partial charge in [-0.1, -0.05) is 13.0 Å². The van der Waals surface area contributed by atoms with E-state index in [9.17, 15) is 9.59 Å². The third-order valence-electron chi connectivity index (χ3n) is 3.82. The first kappa shape index (κ1) is 18.6. The Morgan fingerprint density at radius 1 is 1.07 bits per heavy atom. The van der Waals surface area contributed by atoms with Crippen molar-refractivity contribution >= 4 is 11.9 Å². The molecular weight excluding hydrogens is 350 g/mol. The number of rotatable bonds is 8. The van der Waals surface area contributed by atoms with Gasteiger partial charge in [0.15, 0.2) is 18.1 Å². The molecule has 7 nitrogen and oxygen atoms in total. The molecule has 1 N–H and O–H groups in total. The van der Waals surface area contributed by atoms with Gasteiger partial charge in [-0.2, -0.15) is 0 Å². The van der Waals surface area contributed by atoms with Crippen LogP contribution in [0.15, 0.2) is 42.5 Å². The first-order chi connectivity index (χ1) is 13.2. The van der Waals surface area contributed by atoms with E-state index in [4.69, 9.17) is 18.9 Å². The summed E-state index contributed by atoms with van der Waals surface area (Å²) < 4.78 is 21.0. The van der Waals surface area contributed by atoms with Crippen molar-refractivity contribution in [2.75, 3.05) is 20.0 Å². The Kier molecular flexibility index (Phi) is 6.14. The average molecular weight is 371 g/mol. The summed E-state index contributed by atoms with van der Waals surface area (Å²) in [6.45, 7) is 2.79. The monoisotopic (exact) mass is 371 g/mol.